The van der Waals surface area contributed by atoms with E-state index in [-0.39, 0.29) is 35.3 Å². The van der Waals surface area contributed by atoms with Crippen molar-refractivity contribution in [3.8, 4) is 0 Å². The van der Waals surface area contributed by atoms with Gasteiger partial charge >= 0.3 is 0 Å². The van der Waals surface area contributed by atoms with Gasteiger partial charge in [-0.15, -0.1) is 24.8 Å². The Kier molecular flexibility index (Phi) is 6.60. The number of primary amides is 1. The molecule has 0 unspecified atom stereocenters. The average Bonchev–Trinajstić information content (AvgIpc) is 2.03. The third kappa shape index (κ3) is 4.51. The van der Waals surface area contributed by atoms with Gasteiger partial charge in [0.15, 0.2) is 9.84 Å². The highest BCUT2D eigenvalue weighted by atomic mass is 35.5. The topological polar surface area (TPSA) is 77.2 Å². The van der Waals surface area contributed by atoms with E-state index in [4.69, 9.17) is 5.73 Å². The van der Waals surface area contributed by atoms with Gasteiger partial charge in [0.2, 0.25) is 5.91 Å². The smallest absolute Gasteiger partial charge is 0.248 e. The molecular formula is C8H11Cl2NO3S. The fourth-order valence-corrected chi connectivity index (χ4v) is 1.55. The quantitative estimate of drug-likeness (QED) is 0.873. The van der Waals surface area contributed by atoms with Crippen molar-refractivity contribution in [2.75, 3.05) is 6.26 Å². The molecule has 86 valence electrons. The van der Waals surface area contributed by atoms with E-state index in [1.807, 2.05) is 0 Å². The molecule has 0 fully saturated rings. The normalized spacial score (nSPS) is 9.67. The largest absolute Gasteiger partial charge is 0.366 e. The molecular weight excluding hydrogens is 261 g/mol. The van der Waals surface area contributed by atoms with Gasteiger partial charge in [-0.05, 0) is 18.2 Å². The van der Waals surface area contributed by atoms with Crippen LogP contribution < -0.4 is 5.73 Å². The van der Waals surface area contributed by atoms with E-state index >= 15 is 0 Å². The summed E-state index contributed by atoms with van der Waals surface area (Å²) in [5.41, 5.74) is 5.19. The Bertz CT molecular complexity index is 445. The molecule has 0 heterocycles. The van der Waals surface area contributed by atoms with Crippen LogP contribution in [0.5, 0.6) is 0 Å². The van der Waals surface area contributed by atoms with Crippen molar-refractivity contribution in [1.82, 2.24) is 0 Å². The number of hydrogen-bond acceptors (Lipinski definition) is 3. The second-order valence-corrected chi connectivity index (χ2v) is 4.68. The molecule has 7 heteroatoms. The molecule has 0 aromatic heterocycles. The van der Waals surface area contributed by atoms with Crippen molar-refractivity contribution >= 4 is 40.6 Å². The Hall–Kier alpha value is -0.780. The number of hydrogen-bond donors (Lipinski definition) is 1. The van der Waals surface area contributed by atoms with Crippen LogP contribution in [0.4, 0.5) is 0 Å². The summed E-state index contributed by atoms with van der Waals surface area (Å²) in [7, 11) is -3.27. The molecule has 0 radical (unpaired) electrons. The van der Waals surface area contributed by atoms with Crippen molar-refractivity contribution in [2.24, 2.45) is 5.73 Å². The summed E-state index contributed by atoms with van der Waals surface area (Å²) in [5.74, 6) is -0.634. The minimum absolute atomic E-state index is 0. The minimum Gasteiger partial charge on any atom is -0.366 e. The third-order valence-electron chi connectivity index (χ3n) is 1.55. The highest BCUT2D eigenvalue weighted by Crippen LogP contribution is 2.10. The van der Waals surface area contributed by atoms with Crippen LogP contribution in [-0.2, 0) is 9.84 Å². The van der Waals surface area contributed by atoms with Crippen LogP contribution in [0.1, 0.15) is 10.4 Å². The Morgan fingerprint density at radius 3 is 2.20 bits per heavy atom. The zero-order valence-electron chi connectivity index (χ0n) is 7.84. The molecule has 0 aliphatic rings. The Morgan fingerprint density at radius 2 is 1.80 bits per heavy atom. The molecule has 1 amide bonds. The summed E-state index contributed by atoms with van der Waals surface area (Å²) in [5, 5.41) is 0. The van der Waals surface area contributed by atoms with Crippen LogP contribution in [0.2, 0.25) is 0 Å². The molecule has 2 N–H and O–H groups in total. The summed E-state index contributed by atoms with van der Waals surface area (Å²) < 4.78 is 22.1. The van der Waals surface area contributed by atoms with E-state index in [1.165, 1.54) is 24.3 Å². The lowest BCUT2D eigenvalue weighted by atomic mass is 10.2. The van der Waals surface area contributed by atoms with Crippen molar-refractivity contribution in [3.63, 3.8) is 0 Å². The molecule has 0 atom stereocenters. The molecule has 1 aromatic rings. The SMILES string of the molecule is CS(=O)(=O)c1cccc(C(N)=O)c1.Cl.Cl. The number of sulfone groups is 1. The van der Waals surface area contributed by atoms with Crippen LogP contribution in [0.25, 0.3) is 0 Å². The van der Waals surface area contributed by atoms with Crippen LogP contribution in [0, 0.1) is 0 Å². The summed E-state index contributed by atoms with van der Waals surface area (Å²) in [6.07, 6.45) is 1.08. The predicted octanol–water partition coefficient (Wildman–Crippen LogP) is 1.03. The lowest BCUT2D eigenvalue weighted by molar-refractivity contribution is 0.1000. The van der Waals surface area contributed by atoms with Crippen LogP contribution in [0.3, 0.4) is 0 Å². The van der Waals surface area contributed by atoms with Gasteiger partial charge in [0.05, 0.1) is 4.90 Å². The highest BCUT2D eigenvalue weighted by molar-refractivity contribution is 7.90. The fraction of sp³-hybridized carbons (Fsp3) is 0.125. The highest BCUT2D eigenvalue weighted by Gasteiger charge is 2.08. The van der Waals surface area contributed by atoms with Gasteiger partial charge in [-0.25, -0.2) is 8.42 Å². The lowest BCUT2D eigenvalue weighted by Gasteiger charge is -1.99. The second kappa shape index (κ2) is 5.95. The predicted molar refractivity (Wildman–Crippen MR) is 62.6 cm³/mol. The molecule has 1 aromatic carbocycles. The molecule has 15 heavy (non-hydrogen) atoms. The summed E-state index contributed by atoms with van der Waals surface area (Å²) in [6, 6.07) is 5.63. The molecule has 4 nitrogen and oxygen atoms in total. The van der Waals surface area contributed by atoms with Gasteiger partial charge in [0.1, 0.15) is 0 Å². The number of benzene rings is 1. The summed E-state index contributed by atoms with van der Waals surface area (Å²) in [4.78, 5) is 10.8. The first-order valence-electron chi connectivity index (χ1n) is 3.51. The van der Waals surface area contributed by atoms with Gasteiger partial charge < -0.3 is 5.73 Å². The Balaban J connectivity index is 0. The maximum atomic E-state index is 11.1. The Labute approximate surface area is 101 Å². The lowest BCUT2D eigenvalue weighted by Crippen LogP contribution is -2.11. The first-order valence-corrected chi connectivity index (χ1v) is 5.40. The summed E-state index contributed by atoms with van der Waals surface area (Å²) >= 11 is 0. The van der Waals surface area contributed by atoms with E-state index in [2.05, 4.69) is 0 Å². The molecule has 0 spiro atoms. The van der Waals surface area contributed by atoms with E-state index in [0.29, 0.717) is 0 Å². The van der Waals surface area contributed by atoms with Gasteiger partial charge in [-0.3, -0.25) is 4.79 Å². The number of carbonyl (C=O) groups excluding carboxylic acids is 1. The van der Waals surface area contributed by atoms with Crippen molar-refractivity contribution in [3.05, 3.63) is 29.8 Å². The van der Waals surface area contributed by atoms with Crippen LogP contribution >= 0.6 is 24.8 Å². The first kappa shape index (κ1) is 16.6. The summed E-state index contributed by atoms with van der Waals surface area (Å²) in [6.45, 7) is 0. The van der Waals surface area contributed by atoms with Crippen LogP contribution in [-0.4, -0.2) is 20.6 Å². The van der Waals surface area contributed by atoms with Gasteiger partial charge in [0, 0.05) is 11.8 Å². The first-order chi connectivity index (χ1) is 5.91. The van der Waals surface area contributed by atoms with Gasteiger partial charge in [-0.1, -0.05) is 6.07 Å². The van der Waals surface area contributed by atoms with Crippen molar-refractivity contribution in [1.29, 1.82) is 0 Å². The van der Waals surface area contributed by atoms with Gasteiger partial charge in [0.25, 0.3) is 0 Å². The number of nitrogens with two attached hydrogens (primary N) is 1. The molecule has 0 bridgehead atoms. The zero-order chi connectivity index (χ0) is 10.1. The minimum atomic E-state index is -3.27. The molecule has 1 rings (SSSR count). The van der Waals surface area contributed by atoms with E-state index in [0.717, 1.165) is 6.26 Å². The number of carbonyl (C=O) groups is 1. The van der Waals surface area contributed by atoms with Crippen molar-refractivity contribution < 1.29 is 13.2 Å². The van der Waals surface area contributed by atoms with E-state index < -0.39 is 15.7 Å². The maximum Gasteiger partial charge on any atom is 0.248 e. The average molecular weight is 272 g/mol. The van der Waals surface area contributed by atoms with Crippen LogP contribution in [0.15, 0.2) is 29.2 Å². The van der Waals surface area contributed by atoms with Gasteiger partial charge in [-0.2, -0.15) is 0 Å². The number of halogens is 2. The number of amides is 1. The third-order valence-corrected chi connectivity index (χ3v) is 2.66. The molecule has 0 saturated carbocycles. The molecule has 0 saturated heterocycles. The second-order valence-electron chi connectivity index (χ2n) is 2.66. The van der Waals surface area contributed by atoms with Crippen molar-refractivity contribution in [2.45, 2.75) is 4.90 Å². The Morgan fingerprint density at radius 1 is 1.27 bits per heavy atom. The fourth-order valence-electron chi connectivity index (χ4n) is 0.880. The van der Waals surface area contributed by atoms with E-state index in [1.54, 1.807) is 0 Å². The monoisotopic (exact) mass is 271 g/mol. The molecule has 0 aliphatic carbocycles. The standard InChI is InChI=1S/C8H9NO3S.2ClH/c1-13(11,12)7-4-2-3-6(5-7)8(9)10;;/h2-5H,1H3,(H2,9,10);2*1H. The maximum absolute atomic E-state index is 11.1. The zero-order valence-corrected chi connectivity index (χ0v) is 10.3. The molecule has 0 aliphatic heterocycles. The van der Waals surface area contributed by atoms with E-state index in [9.17, 15) is 13.2 Å². The number of rotatable bonds is 2.